The Kier molecular flexibility index (Phi) is 10.4. The Morgan fingerprint density at radius 2 is 0.758 bits per heavy atom. The third-order valence-electron chi connectivity index (χ3n) is 14.3. The molecule has 66 heavy (non-hydrogen) atoms. The predicted octanol–water partition coefficient (Wildman–Crippen LogP) is 17.3. The smallest absolute Gasteiger partial charge is 0.0462 e. The molecule has 0 fully saturated rings. The number of para-hydroxylation sites is 4. The Morgan fingerprint density at radius 1 is 0.379 bits per heavy atom. The summed E-state index contributed by atoms with van der Waals surface area (Å²) in [5.74, 6) is 0.742. The maximum atomic E-state index is 2.63. The Morgan fingerprint density at radius 3 is 1.21 bits per heavy atom. The van der Waals surface area contributed by atoms with E-state index in [1.807, 2.05) is 0 Å². The molecule has 2 nitrogen and oxygen atoms in total. The lowest BCUT2D eigenvalue weighted by atomic mass is 9.70. The molecule has 0 aliphatic heterocycles. The van der Waals surface area contributed by atoms with Gasteiger partial charge in [0.25, 0.3) is 0 Å². The minimum atomic E-state index is -0.0969. The molecule has 3 aliphatic carbocycles. The van der Waals surface area contributed by atoms with Gasteiger partial charge in [-0.05, 0) is 140 Å². The predicted molar refractivity (Wildman–Crippen MR) is 281 cm³/mol. The molecule has 11 rings (SSSR count). The van der Waals surface area contributed by atoms with E-state index in [1.165, 1.54) is 55.7 Å². The van der Waals surface area contributed by atoms with E-state index in [4.69, 9.17) is 0 Å². The molecular weight excluding hydrogens is 797 g/mol. The fraction of sp³-hybridized carbons (Fsp3) is 0.125. The van der Waals surface area contributed by atoms with Crippen molar-refractivity contribution in [3.63, 3.8) is 0 Å². The van der Waals surface area contributed by atoms with Crippen LogP contribution in [0.4, 0.5) is 34.1 Å². The van der Waals surface area contributed by atoms with Crippen molar-refractivity contribution in [2.24, 2.45) is 5.92 Å². The summed E-state index contributed by atoms with van der Waals surface area (Å²) in [6.45, 7) is 9.73. The third-order valence-corrected chi connectivity index (χ3v) is 14.3. The Bertz CT molecular complexity index is 3080. The molecule has 0 saturated carbocycles. The van der Waals surface area contributed by atoms with Crippen molar-refractivity contribution < 1.29 is 0 Å². The SMILES string of the molecule is CC1(C)C2=CC3c4ccc(/C=C/c5ccc(N(c6ccccc6)c6ccccc6)cc5)cc4C(C)(C)C3C=C2c2ccc(/C=C/c3ccc(N(c4ccccc4)c4ccccc4)cc3)cc21. The summed E-state index contributed by atoms with van der Waals surface area (Å²) in [5, 5.41) is 0. The molecule has 320 valence electrons. The second-order valence-electron chi connectivity index (χ2n) is 19.1. The van der Waals surface area contributed by atoms with Crippen LogP contribution in [0.2, 0.25) is 0 Å². The highest BCUT2D eigenvalue weighted by Gasteiger charge is 2.49. The number of rotatable bonds is 10. The molecule has 0 radical (unpaired) electrons. The van der Waals surface area contributed by atoms with Gasteiger partial charge in [0.2, 0.25) is 0 Å². The van der Waals surface area contributed by atoms with Crippen LogP contribution in [0.3, 0.4) is 0 Å². The van der Waals surface area contributed by atoms with E-state index in [2.05, 4.69) is 280 Å². The van der Waals surface area contributed by atoms with Gasteiger partial charge in [-0.1, -0.05) is 198 Å². The van der Waals surface area contributed by atoms with Gasteiger partial charge in [0, 0.05) is 45.5 Å². The van der Waals surface area contributed by atoms with Crippen LogP contribution >= 0.6 is 0 Å². The third kappa shape index (κ3) is 7.43. The molecule has 2 heteroatoms. The lowest BCUT2D eigenvalue weighted by Crippen LogP contribution is -2.27. The fourth-order valence-corrected chi connectivity index (χ4v) is 10.8. The van der Waals surface area contributed by atoms with Crippen molar-refractivity contribution in [2.45, 2.75) is 44.4 Å². The highest BCUT2D eigenvalue weighted by Crippen LogP contribution is 2.60. The molecule has 0 heterocycles. The fourth-order valence-electron chi connectivity index (χ4n) is 10.8. The Hall–Kier alpha value is -7.68. The van der Waals surface area contributed by atoms with Crippen LogP contribution in [0.1, 0.15) is 78.1 Å². The normalized spacial score (nSPS) is 17.4. The summed E-state index contributed by atoms with van der Waals surface area (Å²) in [5.41, 5.74) is 20.2. The molecule has 0 saturated heterocycles. The molecule has 0 N–H and O–H groups in total. The second-order valence-corrected chi connectivity index (χ2v) is 19.1. The zero-order valence-electron chi connectivity index (χ0n) is 38.1. The zero-order valence-corrected chi connectivity index (χ0v) is 38.1. The van der Waals surface area contributed by atoms with Crippen molar-refractivity contribution in [1.29, 1.82) is 0 Å². The molecule has 0 spiro atoms. The van der Waals surface area contributed by atoms with E-state index in [1.54, 1.807) is 0 Å². The number of allylic oxidation sites excluding steroid dienone is 4. The number of anilines is 6. The molecule has 8 aromatic carbocycles. The van der Waals surface area contributed by atoms with Crippen LogP contribution in [-0.4, -0.2) is 0 Å². The van der Waals surface area contributed by atoms with E-state index in [0.29, 0.717) is 11.8 Å². The van der Waals surface area contributed by atoms with Crippen molar-refractivity contribution in [1.82, 2.24) is 0 Å². The van der Waals surface area contributed by atoms with Crippen LogP contribution in [0.5, 0.6) is 0 Å². The van der Waals surface area contributed by atoms with Gasteiger partial charge >= 0.3 is 0 Å². The minimum absolute atomic E-state index is 0.0107. The second kappa shape index (κ2) is 16.7. The van der Waals surface area contributed by atoms with E-state index < -0.39 is 0 Å². The summed E-state index contributed by atoms with van der Waals surface area (Å²) >= 11 is 0. The van der Waals surface area contributed by atoms with Crippen LogP contribution in [0.15, 0.2) is 224 Å². The van der Waals surface area contributed by atoms with Gasteiger partial charge in [-0.15, -0.1) is 0 Å². The van der Waals surface area contributed by atoms with Gasteiger partial charge in [-0.3, -0.25) is 0 Å². The quantitative estimate of drug-likeness (QED) is 0.127. The van der Waals surface area contributed by atoms with Gasteiger partial charge in [0.05, 0.1) is 0 Å². The lowest BCUT2D eigenvalue weighted by Gasteiger charge is -2.33. The molecule has 8 aromatic rings. The Balaban J connectivity index is 0.817. The first-order chi connectivity index (χ1) is 32.2. The lowest BCUT2D eigenvalue weighted by molar-refractivity contribution is 0.393. The highest BCUT2D eigenvalue weighted by molar-refractivity contribution is 5.92. The van der Waals surface area contributed by atoms with E-state index in [0.717, 1.165) is 34.1 Å². The van der Waals surface area contributed by atoms with Crippen LogP contribution in [0, 0.1) is 5.92 Å². The van der Waals surface area contributed by atoms with Crippen molar-refractivity contribution in [2.75, 3.05) is 9.80 Å². The number of fused-ring (bicyclic) bond motifs is 6. The first-order valence-electron chi connectivity index (χ1n) is 23.3. The molecular formula is C64H54N2. The van der Waals surface area contributed by atoms with E-state index in [9.17, 15) is 0 Å². The number of nitrogens with zero attached hydrogens (tertiary/aromatic N) is 2. The van der Waals surface area contributed by atoms with Crippen molar-refractivity contribution in [3.8, 4) is 0 Å². The topological polar surface area (TPSA) is 6.48 Å². The average Bonchev–Trinajstić information content (AvgIpc) is 3.72. The summed E-state index contributed by atoms with van der Waals surface area (Å²) in [6, 6.07) is 74.3. The summed E-state index contributed by atoms with van der Waals surface area (Å²) in [6.07, 6.45) is 14.3. The number of hydrogen-bond donors (Lipinski definition) is 0. The number of benzene rings is 8. The van der Waals surface area contributed by atoms with Crippen molar-refractivity contribution in [3.05, 3.63) is 268 Å². The van der Waals surface area contributed by atoms with Crippen LogP contribution in [-0.2, 0) is 10.8 Å². The first-order valence-corrected chi connectivity index (χ1v) is 23.3. The van der Waals surface area contributed by atoms with E-state index in [-0.39, 0.29) is 10.8 Å². The number of hydrogen-bond acceptors (Lipinski definition) is 2. The van der Waals surface area contributed by atoms with E-state index >= 15 is 0 Å². The average molecular weight is 851 g/mol. The molecule has 2 unspecified atom stereocenters. The molecule has 0 bridgehead atoms. The Labute approximate surface area is 390 Å². The zero-order chi connectivity index (χ0) is 44.8. The van der Waals surface area contributed by atoms with Gasteiger partial charge in [-0.25, -0.2) is 0 Å². The molecule has 0 amide bonds. The largest absolute Gasteiger partial charge is 0.311 e. The maximum absolute atomic E-state index is 2.63. The summed E-state index contributed by atoms with van der Waals surface area (Å²) < 4.78 is 0. The van der Waals surface area contributed by atoms with Gasteiger partial charge in [0.15, 0.2) is 0 Å². The van der Waals surface area contributed by atoms with Gasteiger partial charge < -0.3 is 9.80 Å². The first kappa shape index (κ1) is 41.1. The monoisotopic (exact) mass is 850 g/mol. The maximum Gasteiger partial charge on any atom is 0.0462 e. The van der Waals surface area contributed by atoms with Crippen LogP contribution in [0.25, 0.3) is 29.9 Å². The minimum Gasteiger partial charge on any atom is -0.311 e. The summed E-state index contributed by atoms with van der Waals surface area (Å²) in [4.78, 5) is 4.60. The molecule has 2 atom stereocenters. The molecule has 0 aromatic heterocycles. The van der Waals surface area contributed by atoms with Gasteiger partial charge in [-0.2, -0.15) is 0 Å². The standard InChI is InChI=1S/C64H54N2/c1-63(2)59-41-47(27-25-45-29-35-53(36-30-45)65(49-17-9-5-10-18-49)50-19-11-6-12-20-50)33-39-55(59)57-44-62-58(43-61(57)63)56-40-34-48(42-60(56)64(62,3)4)28-26-46-31-37-54(38-32-46)66(51-21-13-7-14-22-51)52-23-15-8-16-24-52/h5-44,57,61H,1-4H3/b27-25+,28-26+. The molecule has 3 aliphatic rings. The van der Waals surface area contributed by atoms with Gasteiger partial charge in [0.1, 0.15) is 0 Å². The summed E-state index contributed by atoms with van der Waals surface area (Å²) in [7, 11) is 0. The highest BCUT2D eigenvalue weighted by atomic mass is 15.1. The van der Waals surface area contributed by atoms with Crippen LogP contribution < -0.4 is 9.80 Å². The van der Waals surface area contributed by atoms with Crippen molar-refractivity contribution >= 4 is 64.0 Å².